The highest BCUT2D eigenvalue weighted by atomic mass is 16.2. The van der Waals surface area contributed by atoms with E-state index in [1.807, 2.05) is 61.5 Å². The summed E-state index contributed by atoms with van der Waals surface area (Å²) in [5.74, 6) is -0.375. The van der Waals surface area contributed by atoms with Crippen LogP contribution in [0.15, 0.2) is 72.9 Å². The number of nitrogens with one attached hydrogen (secondary N) is 3. The van der Waals surface area contributed by atoms with E-state index < -0.39 is 0 Å². The van der Waals surface area contributed by atoms with Crippen molar-refractivity contribution in [2.24, 2.45) is 0 Å². The van der Waals surface area contributed by atoms with Crippen LogP contribution in [-0.4, -0.2) is 16.8 Å². The number of hydrogen-bond acceptors (Lipinski definition) is 4. The third-order valence-corrected chi connectivity index (χ3v) is 4.11. The lowest BCUT2D eigenvalue weighted by atomic mass is 10.1. The Hall–Kier alpha value is -3.67. The lowest BCUT2D eigenvalue weighted by Crippen LogP contribution is -2.27. The molecule has 142 valence electrons. The first-order chi connectivity index (χ1) is 13.5. The predicted molar refractivity (Wildman–Crippen MR) is 111 cm³/mol. The van der Waals surface area contributed by atoms with Gasteiger partial charge >= 0.3 is 0 Å². The second kappa shape index (κ2) is 8.81. The lowest BCUT2D eigenvalue weighted by Gasteiger charge is -2.14. The number of hydrogen-bond donors (Lipinski definition) is 3. The number of aromatic nitrogens is 1. The van der Waals surface area contributed by atoms with Gasteiger partial charge in [0.15, 0.2) is 0 Å². The minimum Gasteiger partial charge on any atom is -0.355 e. The fraction of sp³-hybridized carbons (Fsp3) is 0.136. The third kappa shape index (κ3) is 5.17. The average molecular weight is 374 g/mol. The van der Waals surface area contributed by atoms with E-state index in [0.29, 0.717) is 11.4 Å². The maximum atomic E-state index is 12.6. The van der Waals surface area contributed by atoms with Gasteiger partial charge in [-0.25, -0.2) is 0 Å². The Balaban J connectivity index is 1.70. The van der Waals surface area contributed by atoms with Crippen molar-refractivity contribution in [3.05, 3.63) is 84.2 Å². The summed E-state index contributed by atoms with van der Waals surface area (Å²) >= 11 is 0. The Morgan fingerprint density at radius 1 is 0.893 bits per heavy atom. The molecule has 6 nitrogen and oxygen atoms in total. The van der Waals surface area contributed by atoms with Crippen molar-refractivity contribution in [2.45, 2.75) is 19.9 Å². The van der Waals surface area contributed by atoms with Crippen LogP contribution in [0.2, 0.25) is 0 Å². The highest BCUT2D eigenvalue weighted by molar-refractivity contribution is 5.93. The summed E-state index contributed by atoms with van der Waals surface area (Å²) in [7, 11) is 0. The molecule has 1 heterocycles. The molecule has 3 N–H and O–H groups in total. The molecular weight excluding hydrogens is 352 g/mol. The fourth-order valence-electron chi connectivity index (χ4n) is 2.77. The van der Waals surface area contributed by atoms with Gasteiger partial charge in [0.25, 0.3) is 5.91 Å². The molecule has 0 spiro atoms. The van der Waals surface area contributed by atoms with Crippen molar-refractivity contribution in [3.63, 3.8) is 0 Å². The monoisotopic (exact) mass is 374 g/mol. The van der Waals surface area contributed by atoms with Crippen LogP contribution in [0.4, 0.5) is 17.1 Å². The van der Waals surface area contributed by atoms with Crippen LogP contribution in [0.5, 0.6) is 0 Å². The third-order valence-electron chi connectivity index (χ3n) is 4.11. The van der Waals surface area contributed by atoms with E-state index in [1.165, 1.54) is 6.92 Å². The van der Waals surface area contributed by atoms with E-state index in [4.69, 9.17) is 0 Å². The number of anilines is 3. The molecule has 3 aromatic rings. The molecule has 1 unspecified atom stereocenters. The molecule has 0 saturated heterocycles. The molecule has 28 heavy (non-hydrogen) atoms. The summed E-state index contributed by atoms with van der Waals surface area (Å²) in [5.41, 5.74) is 3.57. The Morgan fingerprint density at radius 3 is 2.36 bits per heavy atom. The van der Waals surface area contributed by atoms with Gasteiger partial charge in [0.1, 0.15) is 5.69 Å². The van der Waals surface area contributed by atoms with Crippen LogP contribution in [0.1, 0.15) is 35.9 Å². The first kappa shape index (κ1) is 19.1. The lowest BCUT2D eigenvalue weighted by molar-refractivity contribution is -0.114. The Bertz CT molecular complexity index is 973. The van der Waals surface area contributed by atoms with Crippen molar-refractivity contribution in [2.75, 3.05) is 10.6 Å². The van der Waals surface area contributed by atoms with Crippen LogP contribution < -0.4 is 16.0 Å². The van der Waals surface area contributed by atoms with Crippen molar-refractivity contribution >= 4 is 28.9 Å². The smallest absolute Gasteiger partial charge is 0.270 e. The van der Waals surface area contributed by atoms with Crippen LogP contribution in [0.3, 0.4) is 0 Å². The highest BCUT2D eigenvalue weighted by Gasteiger charge is 2.13. The van der Waals surface area contributed by atoms with Crippen molar-refractivity contribution in [1.29, 1.82) is 0 Å². The quantitative estimate of drug-likeness (QED) is 0.601. The normalized spacial score (nSPS) is 11.4. The predicted octanol–water partition coefficient (Wildman–Crippen LogP) is 4.27. The molecule has 2 aromatic carbocycles. The van der Waals surface area contributed by atoms with Crippen molar-refractivity contribution < 1.29 is 9.59 Å². The highest BCUT2D eigenvalue weighted by Crippen LogP contribution is 2.21. The molecule has 0 saturated carbocycles. The Kier molecular flexibility index (Phi) is 6.01. The summed E-state index contributed by atoms with van der Waals surface area (Å²) in [6.45, 7) is 3.40. The summed E-state index contributed by atoms with van der Waals surface area (Å²) in [6.07, 6.45) is 1.59. The molecule has 3 rings (SSSR count). The summed E-state index contributed by atoms with van der Waals surface area (Å²) in [5, 5.41) is 8.93. The van der Waals surface area contributed by atoms with E-state index in [0.717, 1.165) is 16.9 Å². The molecule has 2 amide bonds. The average Bonchev–Trinajstić information content (AvgIpc) is 2.68. The summed E-state index contributed by atoms with van der Waals surface area (Å²) in [4.78, 5) is 27.9. The van der Waals surface area contributed by atoms with Gasteiger partial charge in [0, 0.05) is 30.2 Å². The van der Waals surface area contributed by atoms with Gasteiger partial charge in [-0.1, -0.05) is 36.4 Å². The number of nitrogens with zero attached hydrogens (tertiary/aromatic N) is 1. The van der Waals surface area contributed by atoms with Gasteiger partial charge < -0.3 is 16.0 Å². The van der Waals surface area contributed by atoms with Crippen LogP contribution >= 0.6 is 0 Å². The molecule has 0 fully saturated rings. The molecule has 0 bridgehead atoms. The topological polar surface area (TPSA) is 83.1 Å². The second-order valence-electron chi connectivity index (χ2n) is 6.42. The zero-order valence-corrected chi connectivity index (χ0v) is 15.8. The van der Waals surface area contributed by atoms with E-state index >= 15 is 0 Å². The van der Waals surface area contributed by atoms with Crippen LogP contribution in [0, 0.1) is 0 Å². The minimum atomic E-state index is -0.244. The van der Waals surface area contributed by atoms with Crippen molar-refractivity contribution in [3.8, 4) is 0 Å². The zero-order valence-electron chi connectivity index (χ0n) is 15.8. The van der Waals surface area contributed by atoms with E-state index in [1.54, 1.807) is 18.3 Å². The number of carbonyl (C=O) groups is 2. The van der Waals surface area contributed by atoms with Gasteiger partial charge in [0.2, 0.25) is 5.91 Å². The second-order valence-corrected chi connectivity index (χ2v) is 6.42. The number of carbonyl (C=O) groups excluding carboxylic acids is 2. The molecule has 1 aromatic heterocycles. The maximum absolute atomic E-state index is 12.6. The number of rotatable bonds is 6. The molecule has 0 aliphatic rings. The summed E-state index contributed by atoms with van der Waals surface area (Å²) in [6, 6.07) is 20.5. The molecule has 6 heteroatoms. The van der Waals surface area contributed by atoms with Crippen LogP contribution in [0.25, 0.3) is 0 Å². The molecule has 0 aliphatic carbocycles. The zero-order chi connectivity index (χ0) is 19.9. The van der Waals surface area contributed by atoms with E-state index in [-0.39, 0.29) is 17.9 Å². The molecule has 0 aliphatic heterocycles. The first-order valence-electron chi connectivity index (χ1n) is 8.98. The number of amides is 2. The van der Waals surface area contributed by atoms with E-state index in [9.17, 15) is 9.59 Å². The van der Waals surface area contributed by atoms with Gasteiger partial charge in [-0.2, -0.15) is 0 Å². The minimum absolute atomic E-state index is 0.124. The van der Waals surface area contributed by atoms with Gasteiger partial charge in [-0.15, -0.1) is 0 Å². The molecule has 0 radical (unpaired) electrons. The Morgan fingerprint density at radius 2 is 1.61 bits per heavy atom. The number of benzene rings is 2. The van der Waals surface area contributed by atoms with Crippen LogP contribution in [-0.2, 0) is 4.79 Å². The van der Waals surface area contributed by atoms with Gasteiger partial charge in [0.05, 0.1) is 6.04 Å². The van der Waals surface area contributed by atoms with Gasteiger partial charge in [-0.05, 0) is 42.8 Å². The van der Waals surface area contributed by atoms with Gasteiger partial charge in [-0.3, -0.25) is 14.6 Å². The Labute approximate surface area is 164 Å². The standard InChI is InChI=1S/C22H22N4O2/c1-15(17-7-4-3-5-8-17)24-22(28)21-14-20(11-12-23-21)26-19-10-6-9-18(13-19)25-16(2)27/h3-15H,1-2H3,(H,23,26)(H,24,28)(H,25,27). The molecular formula is C22H22N4O2. The molecule has 1 atom stereocenters. The summed E-state index contributed by atoms with van der Waals surface area (Å²) < 4.78 is 0. The van der Waals surface area contributed by atoms with E-state index in [2.05, 4.69) is 20.9 Å². The SMILES string of the molecule is CC(=O)Nc1cccc(Nc2ccnc(C(=O)NC(C)c3ccccc3)c2)c1. The number of pyridine rings is 1. The maximum Gasteiger partial charge on any atom is 0.270 e. The first-order valence-corrected chi connectivity index (χ1v) is 8.98. The fourth-order valence-corrected chi connectivity index (χ4v) is 2.77. The largest absolute Gasteiger partial charge is 0.355 e. The van der Waals surface area contributed by atoms with Crippen molar-refractivity contribution in [1.82, 2.24) is 10.3 Å².